The second kappa shape index (κ2) is 25.0. The van der Waals surface area contributed by atoms with Gasteiger partial charge in [-0.3, -0.25) is 59.1 Å². The number of hydrogen-bond acceptors (Lipinski definition) is 27. The molecule has 0 aromatic heterocycles. The Balaban J connectivity index is 0.000000197. The fourth-order valence-corrected chi connectivity index (χ4v) is 9.89. The Hall–Kier alpha value is -9.40. The van der Waals surface area contributed by atoms with E-state index in [2.05, 4.69) is 30.7 Å². The second-order valence-electron chi connectivity index (χ2n) is 16.9. The SMILES string of the molecule is O=C1C=Cc2ccccc2C1N=NC1=CC([N+](=O)[O-])=CC(S(=O)(=O)[O-])C1=O.O=C1C=Cc2ccccc2C1N=NC1=CC([N+](=O)[O-])=CC(S(=O)(=O)[O-])C1=O.O=C1C=Cc2ccccc2C1N=NC1=CC([N+](=O)[O-])=CC(S(=O)(=O)[O-])C1=O.[Cr+3]. The minimum absolute atomic E-state index is 0. The van der Waals surface area contributed by atoms with Crippen LogP contribution in [0.15, 0.2) is 192 Å². The molecule has 6 unspecified atom stereocenters. The van der Waals surface area contributed by atoms with Crippen LogP contribution in [-0.4, -0.2) is 104 Å². The first-order valence-electron chi connectivity index (χ1n) is 22.4. The number of nitro groups is 3. The fourth-order valence-electron chi connectivity index (χ4n) is 7.83. The van der Waals surface area contributed by atoms with Gasteiger partial charge in [0, 0.05) is 36.5 Å². The largest absolute Gasteiger partial charge is 3.00 e. The van der Waals surface area contributed by atoms with Crippen molar-refractivity contribution >= 4 is 83.3 Å². The summed E-state index contributed by atoms with van der Waals surface area (Å²) < 4.78 is 101. The van der Waals surface area contributed by atoms with Gasteiger partial charge in [-0.2, -0.15) is 30.7 Å². The normalized spacial score (nSPS) is 22.1. The van der Waals surface area contributed by atoms with Crippen LogP contribution >= 0.6 is 0 Å². The van der Waals surface area contributed by atoms with Gasteiger partial charge >= 0.3 is 17.4 Å². The van der Waals surface area contributed by atoms with Crippen LogP contribution in [0, 0.1) is 30.3 Å². The van der Waals surface area contributed by atoms with Crippen LogP contribution in [0.1, 0.15) is 51.5 Å². The molecular weight excluding hydrogens is 1190 g/mol. The topological polar surface area (TPSA) is 478 Å². The number of hydrogen-bond donors (Lipinski definition) is 0. The molecule has 0 bridgehead atoms. The van der Waals surface area contributed by atoms with Gasteiger partial charge in [-0.05, 0) is 51.6 Å². The molecule has 1 radical (unpaired) electrons. The van der Waals surface area contributed by atoms with E-state index >= 15 is 0 Å². The molecule has 6 aliphatic carbocycles. The molecule has 0 aliphatic heterocycles. The van der Waals surface area contributed by atoms with Crippen molar-refractivity contribution in [2.75, 3.05) is 0 Å². The van der Waals surface area contributed by atoms with Crippen molar-refractivity contribution in [3.8, 4) is 0 Å². The third-order valence-electron chi connectivity index (χ3n) is 11.7. The van der Waals surface area contributed by atoms with Gasteiger partial charge in [0.25, 0.3) is 17.1 Å². The molecule has 0 saturated heterocycles. The number of ketones is 6. The molecule has 0 N–H and O–H groups in total. The van der Waals surface area contributed by atoms with Crippen molar-refractivity contribution in [1.29, 1.82) is 0 Å². The van der Waals surface area contributed by atoms with Crippen LogP contribution in [0.5, 0.6) is 0 Å². The molecule has 6 atom stereocenters. The van der Waals surface area contributed by atoms with Crippen LogP contribution in [0.4, 0.5) is 0 Å². The molecule has 3 aromatic rings. The van der Waals surface area contributed by atoms with Gasteiger partial charge in [-0.1, -0.05) is 91.0 Å². The quantitative estimate of drug-likeness (QED) is 0.107. The number of benzene rings is 3. The first-order chi connectivity index (χ1) is 38.0. The smallest absolute Gasteiger partial charge is 0.747 e. The predicted octanol–water partition coefficient (Wildman–Crippen LogP) is 3.95. The minimum atomic E-state index is -5.18. The van der Waals surface area contributed by atoms with Crippen molar-refractivity contribution in [3.63, 3.8) is 0 Å². The van der Waals surface area contributed by atoms with Crippen LogP contribution in [0.3, 0.4) is 0 Å². The molecule has 0 spiro atoms. The number of carbonyl (C=O) groups excluding carboxylic acids is 6. The second-order valence-corrected chi connectivity index (χ2v) is 21.4. The van der Waals surface area contributed by atoms with Crippen LogP contribution in [0.25, 0.3) is 18.2 Å². The molecule has 34 heteroatoms. The summed E-state index contributed by atoms with van der Waals surface area (Å²) in [4.78, 5) is 103. The average Bonchev–Trinajstić information content (AvgIpc) is 3.57. The van der Waals surface area contributed by atoms with Gasteiger partial charge in [-0.15, -0.1) is 0 Å². The molecule has 82 heavy (non-hydrogen) atoms. The van der Waals surface area contributed by atoms with Crippen LogP contribution < -0.4 is 0 Å². The monoisotopic (exact) mass is 1220 g/mol. The Morgan fingerprint density at radius 3 is 0.829 bits per heavy atom. The van der Waals surface area contributed by atoms with Gasteiger partial charge in [0.1, 0.15) is 63.2 Å². The Kier molecular flexibility index (Phi) is 18.8. The number of Topliss-reactive ketones (excluding diaryl/α,β-unsaturated/α-hetero) is 3. The summed E-state index contributed by atoms with van der Waals surface area (Å²) in [5.74, 6) is -5.03. The summed E-state index contributed by atoms with van der Waals surface area (Å²) >= 11 is 0. The molecule has 0 fully saturated rings. The molecule has 9 rings (SSSR count). The van der Waals surface area contributed by atoms with Gasteiger partial charge < -0.3 is 13.7 Å². The van der Waals surface area contributed by atoms with E-state index in [-0.39, 0.29) is 17.4 Å². The van der Waals surface area contributed by atoms with Crippen molar-refractivity contribution in [1.82, 2.24) is 0 Å². The summed E-state index contributed by atoms with van der Waals surface area (Å²) in [5, 5.41) is 48.1. The number of rotatable bonds is 12. The average molecular weight is 1220 g/mol. The van der Waals surface area contributed by atoms with E-state index < -0.39 is 148 Å². The standard InChI is InChI=1S/3C16H11N3O7S.Cr/c3*20-13-6-5-9-3-1-2-4-11(9)15(13)18-17-12-7-10(19(22)23)8-14(16(12)21)27(24,25)26;/h3*1-8,14-15H,(H,24,25,26);/q;;;+3/p-3. The van der Waals surface area contributed by atoms with E-state index in [0.717, 1.165) is 0 Å². The summed E-state index contributed by atoms with van der Waals surface area (Å²) in [6, 6.07) is 17.1. The van der Waals surface area contributed by atoms with E-state index in [1.54, 1.807) is 91.0 Å². The van der Waals surface area contributed by atoms with Crippen molar-refractivity contribution in [2.45, 2.75) is 33.9 Å². The first kappa shape index (κ1) is 61.8. The summed E-state index contributed by atoms with van der Waals surface area (Å²) in [6.45, 7) is 0. The zero-order valence-electron chi connectivity index (χ0n) is 40.6. The third kappa shape index (κ3) is 14.1. The van der Waals surface area contributed by atoms with Gasteiger partial charge in [0.2, 0.25) is 17.3 Å². The molecule has 0 heterocycles. The maximum atomic E-state index is 12.2. The Morgan fingerprint density at radius 1 is 0.378 bits per heavy atom. The molecule has 3 aromatic carbocycles. The number of azo groups is 3. The Labute approximate surface area is 470 Å². The maximum Gasteiger partial charge on any atom is 3.00 e. The van der Waals surface area contributed by atoms with Crippen LogP contribution in [0.2, 0.25) is 0 Å². The Morgan fingerprint density at radius 2 is 0.610 bits per heavy atom. The molecule has 30 nitrogen and oxygen atoms in total. The van der Waals surface area contributed by atoms with Crippen LogP contribution in [-0.2, 0) is 76.5 Å². The molecule has 6 aliphatic rings. The Bertz CT molecular complexity index is 3670. The van der Waals surface area contributed by atoms with E-state index in [9.17, 15) is 98.0 Å². The molecule has 417 valence electrons. The number of nitrogens with zero attached hydrogens (tertiary/aromatic N) is 9. The maximum absolute atomic E-state index is 12.2. The van der Waals surface area contributed by atoms with E-state index in [1.807, 2.05) is 0 Å². The van der Waals surface area contributed by atoms with Gasteiger partial charge in [0.05, 0.1) is 14.8 Å². The van der Waals surface area contributed by atoms with Gasteiger partial charge in [0.15, 0.2) is 35.5 Å². The predicted molar refractivity (Wildman–Crippen MR) is 269 cm³/mol. The first-order valence-corrected chi connectivity index (χ1v) is 26.8. The van der Waals surface area contributed by atoms with E-state index in [0.29, 0.717) is 69.8 Å². The molecule has 0 saturated carbocycles. The minimum Gasteiger partial charge on any atom is -0.747 e. The van der Waals surface area contributed by atoms with Crippen molar-refractivity contribution < 1.29 is 99.8 Å². The number of fused-ring (bicyclic) bond motifs is 3. The summed E-state index contributed by atoms with van der Waals surface area (Å²) in [6.07, 6.45) is 12.1. The summed E-state index contributed by atoms with van der Waals surface area (Å²) in [7, 11) is -15.5. The van der Waals surface area contributed by atoms with Gasteiger partial charge in [-0.25, -0.2) is 25.3 Å². The van der Waals surface area contributed by atoms with E-state index in [1.165, 1.54) is 18.2 Å². The number of allylic oxidation sites excluding steroid dienone is 6. The zero-order valence-corrected chi connectivity index (χ0v) is 44.3. The van der Waals surface area contributed by atoms with Crippen molar-refractivity contribution in [2.24, 2.45) is 30.7 Å². The third-order valence-corrected chi connectivity index (χ3v) is 14.6. The molecule has 0 amide bonds. The molecular formula is C48H30CrN9O21S3. The van der Waals surface area contributed by atoms with E-state index in [4.69, 9.17) is 0 Å². The number of carbonyl (C=O) groups is 6. The zero-order chi connectivity index (χ0) is 59.3. The summed E-state index contributed by atoms with van der Waals surface area (Å²) in [5.41, 5.74) is -0.741. The fraction of sp³-hybridized carbons (Fsp3) is 0.125. The van der Waals surface area contributed by atoms with Crippen molar-refractivity contribution in [3.05, 3.63) is 225 Å².